The van der Waals surface area contributed by atoms with Crippen LogP contribution in [-0.2, 0) is 13.2 Å². The fourth-order valence-corrected chi connectivity index (χ4v) is 2.75. The molecule has 0 amide bonds. The van der Waals surface area contributed by atoms with Gasteiger partial charge in [-0.2, -0.15) is 5.10 Å². The molecule has 2 N–H and O–H groups in total. The fourth-order valence-electron chi connectivity index (χ4n) is 2.75. The Kier molecular flexibility index (Phi) is 4.45. The average molecular weight is 273 g/mol. The lowest BCUT2D eigenvalue weighted by Crippen LogP contribution is -2.10. The molecule has 1 aromatic heterocycles. The van der Waals surface area contributed by atoms with Gasteiger partial charge in [0.05, 0.1) is 18.3 Å². The van der Waals surface area contributed by atoms with E-state index in [1.165, 1.54) is 11.3 Å². The zero-order valence-corrected chi connectivity index (χ0v) is 12.6. The highest BCUT2D eigenvalue weighted by Gasteiger charge is 2.17. The molecule has 1 atom stereocenters. The number of hydrogen-bond donors (Lipinski definition) is 2. The highest BCUT2D eigenvalue weighted by atomic mass is 16.3. The van der Waals surface area contributed by atoms with E-state index in [-0.39, 0.29) is 12.6 Å². The van der Waals surface area contributed by atoms with Gasteiger partial charge in [0.2, 0.25) is 0 Å². The van der Waals surface area contributed by atoms with E-state index in [0.29, 0.717) is 0 Å². The Bertz CT molecular complexity index is 589. The number of benzene rings is 1. The molecule has 4 nitrogen and oxygen atoms in total. The van der Waals surface area contributed by atoms with Crippen molar-refractivity contribution in [1.29, 1.82) is 0 Å². The van der Waals surface area contributed by atoms with E-state index < -0.39 is 0 Å². The highest BCUT2D eigenvalue weighted by molar-refractivity contribution is 5.52. The van der Waals surface area contributed by atoms with Gasteiger partial charge in [-0.05, 0) is 33.8 Å². The monoisotopic (exact) mass is 273 g/mol. The number of aliphatic hydroxyl groups excluding tert-OH is 1. The Morgan fingerprint density at radius 1 is 1.30 bits per heavy atom. The van der Waals surface area contributed by atoms with Gasteiger partial charge in [0.1, 0.15) is 0 Å². The summed E-state index contributed by atoms with van der Waals surface area (Å²) in [7, 11) is 0. The van der Waals surface area contributed by atoms with Gasteiger partial charge in [-0.25, -0.2) is 0 Å². The molecule has 4 heteroatoms. The van der Waals surface area contributed by atoms with Gasteiger partial charge in [-0.1, -0.05) is 18.2 Å². The molecule has 0 saturated carbocycles. The Balaban J connectivity index is 2.28. The molecule has 1 heterocycles. The summed E-state index contributed by atoms with van der Waals surface area (Å²) in [6, 6.07) is 8.00. The second kappa shape index (κ2) is 6.09. The first kappa shape index (κ1) is 14.6. The number of aryl methyl sites for hydroxylation is 2. The van der Waals surface area contributed by atoms with Crippen LogP contribution in [0.15, 0.2) is 24.3 Å². The van der Waals surface area contributed by atoms with E-state index in [4.69, 9.17) is 0 Å². The van der Waals surface area contributed by atoms with Crippen molar-refractivity contribution in [2.24, 2.45) is 0 Å². The molecule has 0 bridgehead atoms. The summed E-state index contributed by atoms with van der Waals surface area (Å²) in [4.78, 5) is 0. The molecule has 0 saturated heterocycles. The third kappa shape index (κ3) is 2.70. The average Bonchev–Trinajstić information content (AvgIpc) is 2.73. The predicted octanol–water partition coefficient (Wildman–Crippen LogP) is 3.19. The molecular formula is C16H23N3O. The summed E-state index contributed by atoms with van der Waals surface area (Å²) in [5, 5.41) is 17.4. The number of aromatic nitrogens is 2. The van der Waals surface area contributed by atoms with Crippen LogP contribution in [0.1, 0.15) is 42.4 Å². The maximum Gasteiger partial charge on any atom is 0.0701 e. The molecule has 0 fully saturated rings. The smallest absolute Gasteiger partial charge is 0.0701 e. The standard InChI is InChI=1S/C16H23N3O/c1-5-19-13(4)16(12(3)18-19)11(2)17-15-9-7-6-8-14(15)10-20/h6-9,11,17,20H,5,10H2,1-4H3. The summed E-state index contributed by atoms with van der Waals surface area (Å²) in [5.41, 5.74) is 5.39. The van der Waals surface area contributed by atoms with Crippen LogP contribution < -0.4 is 5.32 Å². The summed E-state index contributed by atoms with van der Waals surface area (Å²) in [6.45, 7) is 9.31. The SMILES string of the molecule is CCn1nc(C)c(C(C)Nc2ccccc2CO)c1C. The minimum Gasteiger partial charge on any atom is -0.392 e. The zero-order valence-electron chi connectivity index (χ0n) is 12.6. The molecule has 108 valence electrons. The lowest BCUT2D eigenvalue weighted by atomic mass is 10.1. The minimum atomic E-state index is 0.0437. The van der Waals surface area contributed by atoms with Gasteiger partial charge in [-0.3, -0.25) is 4.68 Å². The summed E-state index contributed by atoms with van der Waals surface area (Å²) in [5.74, 6) is 0. The van der Waals surface area contributed by atoms with Crippen LogP contribution in [0.2, 0.25) is 0 Å². The first-order valence-corrected chi connectivity index (χ1v) is 7.07. The van der Waals surface area contributed by atoms with Crippen molar-refractivity contribution in [2.45, 2.75) is 46.9 Å². The van der Waals surface area contributed by atoms with Crippen LogP contribution in [0, 0.1) is 13.8 Å². The summed E-state index contributed by atoms with van der Waals surface area (Å²) < 4.78 is 2.03. The van der Waals surface area contributed by atoms with Crippen molar-refractivity contribution in [3.63, 3.8) is 0 Å². The number of nitrogens with one attached hydrogen (secondary N) is 1. The van der Waals surface area contributed by atoms with E-state index in [9.17, 15) is 5.11 Å². The predicted molar refractivity (Wildman–Crippen MR) is 81.8 cm³/mol. The third-order valence-corrected chi connectivity index (χ3v) is 3.73. The van der Waals surface area contributed by atoms with E-state index in [2.05, 4.69) is 31.2 Å². The number of rotatable bonds is 5. The van der Waals surface area contributed by atoms with Gasteiger partial charge in [-0.15, -0.1) is 0 Å². The van der Waals surface area contributed by atoms with Crippen LogP contribution in [0.3, 0.4) is 0 Å². The van der Waals surface area contributed by atoms with E-state index in [1.807, 2.05) is 35.9 Å². The zero-order chi connectivity index (χ0) is 14.7. The van der Waals surface area contributed by atoms with Crippen LogP contribution in [-0.4, -0.2) is 14.9 Å². The van der Waals surface area contributed by atoms with Crippen LogP contribution in [0.25, 0.3) is 0 Å². The maximum atomic E-state index is 9.40. The van der Waals surface area contributed by atoms with E-state index in [1.54, 1.807) is 0 Å². The molecular weight excluding hydrogens is 250 g/mol. The molecule has 20 heavy (non-hydrogen) atoms. The Morgan fingerprint density at radius 3 is 2.60 bits per heavy atom. The largest absolute Gasteiger partial charge is 0.392 e. The van der Waals surface area contributed by atoms with Crippen LogP contribution >= 0.6 is 0 Å². The normalized spacial score (nSPS) is 12.4. The highest BCUT2D eigenvalue weighted by Crippen LogP contribution is 2.26. The van der Waals surface area contributed by atoms with Gasteiger partial charge in [0, 0.05) is 29.1 Å². The molecule has 0 radical (unpaired) electrons. The molecule has 0 aliphatic rings. The lowest BCUT2D eigenvalue weighted by Gasteiger charge is -2.18. The number of nitrogens with zero attached hydrogens (tertiary/aromatic N) is 2. The number of para-hydroxylation sites is 1. The fraction of sp³-hybridized carbons (Fsp3) is 0.438. The second-order valence-electron chi connectivity index (χ2n) is 5.08. The maximum absolute atomic E-state index is 9.40. The van der Waals surface area contributed by atoms with Crippen molar-refractivity contribution in [3.05, 3.63) is 46.8 Å². The van der Waals surface area contributed by atoms with Crippen molar-refractivity contribution in [1.82, 2.24) is 9.78 Å². The number of aliphatic hydroxyl groups is 1. The quantitative estimate of drug-likeness (QED) is 0.879. The molecule has 0 aliphatic heterocycles. The molecule has 2 aromatic rings. The first-order chi connectivity index (χ1) is 9.58. The topological polar surface area (TPSA) is 50.1 Å². The molecule has 1 aromatic carbocycles. The van der Waals surface area contributed by atoms with E-state index >= 15 is 0 Å². The Labute approximate surface area is 120 Å². The first-order valence-electron chi connectivity index (χ1n) is 7.07. The Hall–Kier alpha value is -1.81. The molecule has 0 spiro atoms. The number of anilines is 1. The third-order valence-electron chi connectivity index (χ3n) is 3.73. The van der Waals surface area contributed by atoms with Crippen LogP contribution in [0.4, 0.5) is 5.69 Å². The van der Waals surface area contributed by atoms with Crippen LogP contribution in [0.5, 0.6) is 0 Å². The van der Waals surface area contributed by atoms with E-state index in [0.717, 1.165) is 23.5 Å². The summed E-state index contributed by atoms with van der Waals surface area (Å²) >= 11 is 0. The van der Waals surface area contributed by atoms with Gasteiger partial charge >= 0.3 is 0 Å². The molecule has 1 unspecified atom stereocenters. The van der Waals surface area contributed by atoms with Gasteiger partial charge < -0.3 is 10.4 Å². The van der Waals surface area contributed by atoms with Crippen molar-refractivity contribution < 1.29 is 5.11 Å². The Morgan fingerprint density at radius 2 is 2.00 bits per heavy atom. The minimum absolute atomic E-state index is 0.0437. The lowest BCUT2D eigenvalue weighted by molar-refractivity contribution is 0.282. The molecule has 0 aliphatic carbocycles. The number of hydrogen-bond acceptors (Lipinski definition) is 3. The van der Waals surface area contributed by atoms with Crippen molar-refractivity contribution in [3.8, 4) is 0 Å². The second-order valence-corrected chi connectivity index (χ2v) is 5.08. The van der Waals surface area contributed by atoms with Gasteiger partial charge in [0.25, 0.3) is 0 Å². The van der Waals surface area contributed by atoms with Crippen molar-refractivity contribution >= 4 is 5.69 Å². The van der Waals surface area contributed by atoms with Gasteiger partial charge in [0.15, 0.2) is 0 Å². The molecule has 2 rings (SSSR count). The summed E-state index contributed by atoms with van der Waals surface area (Å²) in [6.07, 6.45) is 0. The van der Waals surface area contributed by atoms with Crippen molar-refractivity contribution in [2.75, 3.05) is 5.32 Å².